The van der Waals surface area contributed by atoms with Crippen LogP contribution in [0.4, 0.5) is 0 Å². The molecule has 0 aliphatic rings. The highest BCUT2D eigenvalue weighted by molar-refractivity contribution is 6.35. The van der Waals surface area contributed by atoms with Crippen LogP contribution in [0.2, 0.25) is 10.0 Å². The number of halogens is 2. The van der Waals surface area contributed by atoms with E-state index in [2.05, 4.69) is 4.98 Å². The number of rotatable bonds is 6. The fourth-order valence-electron chi connectivity index (χ4n) is 2.52. The van der Waals surface area contributed by atoms with Crippen LogP contribution in [0.25, 0.3) is 0 Å². The Hall–Kier alpha value is -1.98. The molecule has 1 N–H and O–H groups in total. The predicted octanol–water partition coefficient (Wildman–Crippen LogP) is 4.77. The number of carbonyl (C=O) groups excluding carboxylic acids is 2. The third kappa shape index (κ3) is 4.17. The number of carbonyl (C=O) groups is 2. The molecule has 0 fully saturated rings. The first-order valence-electron chi connectivity index (χ1n) is 7.78. The van der Waals surface area contributed by atoms with Gasteiger partial charge in [0.25, 0.3) is 0 Å². The molecule has 2 rings (SSSR count). The van der Waals surface area contributed by atoms with Gasteiger partial charge >= 0.3 is 5.97 Å². The number of esters is 1. The van der Waals surface area contributed by atoms with E-state index in [1.807, 2.05) is 0 Å². The molecule has 2 aromatic rings. The number of H-pyrrole nitrogens is 1. The third-order valence-corrected chi connectivity index (χ3v) is 4.26. The minimum absolute atomic E-state index is 0.265. The molecule has 0 aliphatic carbocycles. The summed E-state index contributed by atoms with van der Waals surface area (Å²) >= 11 is 11.9. The first-order valence-corrected chi connectivity index (χ1v) is 8.54. The van der Waals surface area contributed by atoms with Crippen molar-refractivity contribution in [3.05, 3.63) is 50.8 Å². The molecule has 0 aliphatic heterocycles. The third-order valence-electron chi connectivity index (χ3n) is 3.73. The number of Topliss-reactive ketones (excluding diaryl/α,β-unsaturated/α-hetero) is 1. The second-order valence-corrected chi connectivity index (χ2v) is 6.39. The van der Waals surface area contributed by atoms with E-state index in [9.17, 15) is 9.59 Å². The molecule has 0 amide bonds. The van der Waals surface area contributed by atoms with Gasteiger partial charge in [0.2, 0.25) is 5.78 Å². The van der Waals surface area contributed by atoms with Crippen molar-refractivity contribution in [1.29, 1.82) is 0 Å². The Morgan fingerprint density at radius 2 is 1.92 bits per heavy atom. The van der Waals surface area contributed by atoms with Crippen LogP contribution in [0.3, 0.4) is 0 Å². The lowest BCUT2D eigenvalue weighted by molar-refractivity contribution is 0.0525. The molecule has 7 heteroatoms. The first kappa shape index (κ1) is 19.3. The Kier molecular flexibility index (Phi) is 6.14. The van der Waals surface area contributed by atoms with Crippen LogP contribution in [0.5, 0.6) is 5.75 Å². The van der Waals surface area contributed by atoms with Crippen LogP contribution in [-0.4, -0.2) is 29.4 Å². The van der Waals surface area contributed by atoms with Crippen LogP contribution in [0.1, 0.15) is 46.0 Å². The summed E-state index contributed by atoms with van der Waals surface area (Å²) in [4.78, 5) is 27.7. The highest BCUT2D eigenvalue weighted by atomic mass is 35.5. The molecular weight excluding hydrogens is 365 g/mol. The molecule has 0 saturated carbocycles. The van der Waals surface area contributed by atoms with E-state index in [-0.39, 0.29) is 12.4 Å². The fourth-order valence-corrected chi connectivity index (χ4v) is 2.98. The smallest absolute Gasteiger partial charge is 0.340 e. The van der Waals surface area contributed by atoms with Crippen molar-refractivity contribution < 1.29 is 19.1 Å². The predicted molar refractivity (Wildman–Crippen MR) is 97.1 cm³/mol. The average molecular weight is 384 g/mol. The van der Waals surface area contributed by atoms with E-state index >= 15 is 0 Å². The topological polar surface area (TPSA) is 68.4 Å². The molecule has 0 saturated heterocycles. The summed E-state index contributed by atoms with van der Waals surface area (Å²) in [5.74, 6) is -0.386. The average Bonchev–Trinajstić information content (AvgIpc) is 2.84. The van der Waals surface area contributed by atoms with Gasteiger partial charge in [0.1, 0.15) is 5.75 Å². The molecule has 5 nitrogen and oxygen atoms in total. The Balaban J connectivity index is 2.25. The normalized spacial score (nSPS) is 11.9. The van der Waals surface area contributed by atoms with Crippen molar-refractivity contribution in [2.75, 3.05) is 6.61 Å². The molecular formula is C18H19Cl2NO4. The van der Waals surface area contributed by atoms with Gasteiger partial charge in [-0.2, -0.15) is 0 Å². The molecule has 0 unspecified atom stereocenters. The summed E-state index contributed by atoms with van der Waals surface area (Å²) in [7, 11) is 0. The monoisotopic (exact) mass is 383 g/mol. The first-order chi connectivity index (χ1) is 11.8. The van der Waals surface area contributed by atoms with Crippen molar-refractivity contribution in [3.8, 4) is 5.75 Å². The van der Waals surface area contributed by atoms with Crippen LogP contribution in [0.15, 0.2) is 18.2 Å². The summed E-state index contributed by atoms with van der Waals surface area (Å²) < 4.78 is 10.7. The number of ether oxygens (including phenoxy) is 2. The van der Waals surface area contributed by atoms with Gasteiger partial charge in [0.15, 0.2) is 6.10 Å². The summed E-state index contributed by atoms with van der Waals surface area (Å²) in [6, 6.07) is 4.77. The van der Waals surface area contributed by atoms with Crippen molar-refractivity contribution in [1.82, 2.24) is 4.98 Å². The minimum Gasteiger partial charge on any atom is -0.481 e. The number of benzene rings is 1. The Morgan fingerprint density at radius 1 is 1.24 bits per heavy atom. The van der Waals surface area contributed by atoms with Crippen molar-refractivity contribution in [2.45, 2.75) is 33.8 Å². The second kappa shape index (κ2) is 7.93. The Morgan fingerprint density at radius 3 is 2.52 bits per heavy atom. The lowest BCUT2D eigenvalue weighted by Crippen LogP contribution is -2.25. The van der Waals surface area contributed by atoms with Crippen LogP contribution < -0.4 is 4.74 Å². The van der Waals surface area contributed by atoms with Gasteiger partial charge in [0, 0.05) is 10.7 Å². The number of hydrogen-bond donors (Lipinski definition) is 1. The van der Waals surface area contributed by atoms with Crippen molar-refractivity contribution >= 4 is 35.0 Å². The molecule has 0 spiro atoms. The van der Waals surface area contributed by atoms with Gasteiger partial charge in [-0.05, 0) is 51.5 Å². The van der Waals surface area contributed by atoms with Gasteiger partial charge in [-0.3, -0.25) is 4.79 Å². The molecule has 134 valence electrons. The summed E-state index contributed by atoms with van der Waals surface area (Å²) in [6.45, 7) is 7.03. The molecule has 0 bridgehead atoms. The van der Waals surface area contributed by atoms with E-state index in [4.69, 9.17) is 32.7 Å². The van der Waals surface area contributed by atoms with Gasteiger partial charge in [-0.15, -0.1) is 0 Å². The number of ketones is 1. The molecule has 1 aromatic heterocycles. The molecule has 1 aromatic carbocycles. The summed E-state index contributed by atoms with van der Waals surface area (Å²) in [5, 5.41) is 0.796. The lowest BCUT2D eigenvalue weighted by Gasteiger charge is -2.15. The van der Waals surface area contributed by atoms with E-state index in [1.165, 1.54) is 0 Å². The summed E-state index contributed by atoms with van der Waals surface area (Å²) in [5.41, 5.74) is 1.81. The zero-order chi connectivity index (χ0) is 18.7. The highest BCUT2D eigenvalue weighted by Crippen LogP contribution is 2.29. The standard InChI is InChI=1S/C18H19Cl2NO4/c1-5-24-18(23)15-9(2)16(21-10(15)3)17(22)11(4)25-14-7-6-12(19)8-13(14)20/h6-8,11,21H,5H2,1-4H3/t11-/m0/s1. The Bertz CT molecular complexity index is 814. The van der Waals surface area contributed by atoms with E-state index in [0.717, 1.165) is 0 Å². The number of nitrogens with one attached hydrogen (secondary N) is 1. The van der Waals surface area contributed by atoms with E-state index < -0.39 is 12.1 Å². The maximum Gasteiger partial charge on any atom is 0.340 e. The highest BCUT2D eigenvalue weighted by Gasteiger charge is 2.26. The zero-order valence-corrected chi connectivity index (χ0v) is 15.9. The SMILES string of the molecule is CCOC(=O)c1c(C)[nH]c(C(=O)[C@H](C)Oc2ccc(Cl)cc2Cl)c1C. The largest absolute Gasteiger partial charge is 0.481 e. The van der Waals surface area contributed by atoms with E-state index in [1.54, 1.807) is 45.9 Å². The number of aromatic nitrogens is 1. The Labute approximate surface area is 156 Å². The van der Waals surface area contributed by atoms with Crippen LogP contribution >= 0.6 is 23.2 Å². The number of hydrogen-bond acceptors (Lipinski definition) is 4. The minimum atomic E-state index is -0.800. The van der Waals surface area contributed by atoms with Crippen LogP contribution in [-0.2, 0) is 4.74 Å². The van der Waals surface area contributed by atoms with Gasteiger partial charge in [-0.25, -0.2) is 4.79 Å². The molecule has 0 radical (unpaired) electrons. The fraction of sp³-hybridized carbons (Fsp3) is 0.333. The number of aromatic amines is 1. The quantitative estimate of drug-likeness (QED) is 0.576. The molecule has 1 heterocycles. The zero-order valence-electron chi connectivity index (χ0n) is 14.4. The molecule has 25 heavy (non-hydrogen) atoms. The molecule has 1 atom stereocenters. The van der Waals surface area contributed by atoms with Gasteiger partial charge < -0.3 is 14.5 Å². The maximum absolute atomic E-state index is 12.7. The summed E-state index contributed by atoms with van der Waals surface area (Å²) in [6.07, 6.45) is -0.800. The van der Waals surface area contributed by atoms with Gasteiger partial charge in [-0.1, -0.05) is 23.2 Å². The van der Waals surface area contributed by atoms with Crippen molar-refractivity contribution in [3.63, 3.8) is 0 Å². The van der Waals surface area contributed by atoms with Crippen LogP contribution in [0, 0.1) is 13.8 Å². The number of aryl methyl sites for hydroxylation is 1. The van der Waals surface area contributed by atoms with Crippen molar-refractivity contribution in [2.24, 2.45) is 0 Å². The van der Waals surface area contributed by atoms with Gasteiger partial charge in [0.05, 0.1) is 22.9 Å². The maximum atomic E-state index is 12.7. The van der Waals surface area contributed by atoms with E-state index in [0.29, 0.717) is 38.3 Å². The second-order valence-electron chi connectivity index (χ2n) is 5.54. The lowest BCUT2D eigenvalue weighted by atomic mass is 10.1.